The molecule has 0 bridgehead atoms. The lowest BCUT2D eigenvalue weighted by molar-refractivity contribution is -0.0368. The van der Waals surface area contributed by atoms with Gasteiger partial charge in [-0.3, -0.25) is 4.99 Å². The molecule has 3 N–H and O–H groups in total. The van der Waals surface area contributed by atoms with Crippen LogP contribution < -0.4 is 5.73 Å². The van der Waals surface area contributed by atoms with E-state index in [0.717, 1.165) is 32.1 Å². The van der Waals surface area contributed by atoms with Crippen LogP contribution in [0, 0.1) is 11.8 Å². The maximum atomic E-state index is 11.3. The molecular weight excluding hydrogens is 288 g/mol. The zero-order chi connectivity index (χ0) is 15.0. The third-order valence-electron chi connectivity index (χ3n) is 5.83. The average molecular weight is 315 g/mol. The Bertz CT molecular complexity index is 417. The van der Waals surface area contributed by atoms with Gasteiger partial charge in [0.1, 0.15) is 11.4 Å². The van der Waals surface area contributed by atoms with Crippen molar-refractivity contribution in [3.8, 4) is 0 Å². The maximum Gasteiger partial charge on any atom is 0.127 e. The number of nitrogens with two attached hydrogens (primary N) is 1. The SMILES string of the molecule is COC1CCCCC1CC1(O)C(N)=NC2CCC(Cl)CC21. The number of methoxy groups -OCH3 is 1. The molecule has 0 aromatic rings. The number of hydrogen-bond acceptors (Lipinski definition) is 4. The first-order valence-corrected chi connectivity index (χ1v) is 8.71. The van der Waals surface area contributed by atoms with Crippen LogP contribution in [0.3, 0.4) is 0 Å². The van der Waals surface area contributed by atoms with Gasteiger partial charge in [0, 0.05) is 18.4 Å². The van der Waals surface area contributed by atoms with E-state index in [1.165, 1.54) is 12.8 Å². The van der Waals surface area contributed by atoms with E-state index < -0.39 is 5.60 Å². The van der Waals surface area contributed by atoms with Gasteiger partial charge in [-0.25, -0.2) is 0 Å². The van der Waals surface area contributed by atoms with E-state index in [-0.39, 0.29) is 23.4 Å². The topological polar surface area (TPSA) is 67.8 Å². The third kappa shape index (κ3) is 2.82. The Hall–Kier alpha value is -0.320. The highest BCUT2D eigenvalue weighted by Crippen LogP contribution is 2.46. The second-order valence-corrected chi connectivity index (χ2v) is 7.66. The van der Waals surface area contributed by atoms with Crippen LogP contribution in [-0.4, -0.2) is 41.2 Å². The fourth-order valence-corrected chi connectivity index (χ4v) is 4.94. The Kier molecular flexibility index (Phi) is 4.49. The van der Waals surface area contributed by atoms with Crippen molar-refractivity contribution in [2.45, 2.75) is 74.5 Å². The van der Waals surface area contributed by atoms with E-state index in [1.54, 1.807) is 7.11 Å². The molecule has 0 aromatic carbocycles. The Morgan fingerprint density at radius 2 is 2.10 bits per heavy atom. The van der Waals surface area contributed by atoms with E-state index in [2.05, 4.69) is 4.99 Å². The lowest BCUT2D eigenvalue weighted by Gasteiger charge is -2.41. The molecule has 0 amide bonds. The van der Waals surface area contributed by atoms with Crippen LogP contribution in [0.15, 0.2) is 4.99 Å². The second-order valence-electron chi connectivity index (χ2n) is 7.05. The first-order valence-electron chi connectivity index (χ1n) is 8.27. The van der Waals surface area contributed by atoms with E-state index in [0.29, 0.717) is 18.2 Å². The zero-order valence-corrected chi connectivity index (χ0v) is 13.6. The highest BCUT2D eigenvalue weighted by Gasteiger charge is 2.53. The number of alkyl halides is 1. The first kappa shape index (κ1) is 15.6. The molecule has 6 unspecified atom stereocenters. The normalized spacial score (nSPS) is 47.0. The van der Waals surface area contributed by atoms with Gasteiger partial charge in [-0.05, 0) is 44.4 Å². The molecule has 0 saturated heterocycles. The largest absolute Gasteiger partial charge is 0.385 e. The molecule has 0 spiro atoms. The summed E-state index contributed by atoms with van der Waals surface area (Å²) in [6, 6.07) is 0.162. The van der Waals surface area contributed by atoms with Crippen molar-refractivity contribution >= 4 is 17.4 Å². The van der Waals surface area contributed by atoms with Crippen molar-refractivity contribution in [2.24, 2.45) is 22.6 Å². The molecule has 1 aliphatic heterocycles. The van der Waals surface area contributed by atoms with Crippen LogP contribution >= 0.6 is 11.6 Å². The Balaban J connectivity index is 1.77. The summed E-state index contributed by atoms with van der Waals surface area (Å²) in [5.41, 5.74) is 5.16. The van der Waals surface area contributed by atoms with Gasteiger partial charge in [0.2, 0.25) is 0 Å². The number of ether oxygens (including phenoxy) is 1. The smallest absolute Gasteiger partial charge is 0.127 e. The standard InChI is InChI=1S/C16H27ClN2O2/c1-21-14-5-3-2-4-10(14)9-16(20)12-8-11(17)6-7-13(12)19-15(16)18/h10-14,20H,2-9H2,1H3,(H2,18,19). The minimum atomic E-state index is -0.975. The highest BCUT2D eigenvalue weighted by molar-refractivity contribution is 6.20. The molecule has 2 saturated carbocycles. The van der Waals surface area contributed by atoms with Crippen LogP contribution in [0.25, 0.3) is 0 Å². The quantitative estimate of drug-likeness (QED) is 0.786. The zero-order valence-electron chi connectivity index (χ0n) is 12.8. The molecule has 4 nitrogen and oxygen atoms in total. The lowest BCUT2D eigenvalue weighted by atomic mass is 9.69. The molecule has 0 aromatic heterocycles. The first-order chi connectivity index (χ1) is 10.0. The number of aliphatic hydroxyl groups is 1. The van der Waals surface area contributed by atoms with E-state index in [4.69, 9.17) is 22.1 Å². The van der Waals surface area contributed by atoms with Gasteiger partial charge >= 0.3 is 0 Å². The summed E-state index contributed by atoms with van der Waals surface area (Å²) >= 11 is 6.33. The van der Waals surface area contributed by atoms with Crippen molar-refractivity contribution in [3.05, 3.63) is 0 Å². The number of aliphatic imine (C=N–C) groups is 1. The third-order valence-corrected chi connectivity index (χ3v) is 6.22. The summed E-state index contributed by atoms with van der Waals surface area (Å²) in [6.07, 6.45) is 8.26. The van der Waals surface area contributed by atoms with Gasteiger partial charge in [0.15, 0.2) is 0 Å². The Morgan fingerprint density at radius 3 is 2.86 bits per heavy atom. The molecule has 1 heterocycles. The fraction of sp³-hybridized carbons (Fsp3) is 0.938. The van der Waals surface area contributed by atoms with Crippen LogP contribution in [-0.2, 0) is 4.74 Å². The van der Waals surface area contributed by atoms with Crippen LogP contribution in [0.4, 0.5) is 0 Å². The Morgan fingerprint density at radius 1 is 1.33 bits per heavy atom. The van der Waals surface area contributed by atoms with Crippen molar-refractivity contribution in [3.63, 3.8) is 0 Å². The number of fused-ring (bicyclic) bond motifs is 1. The van der Waals surface area contributed by atoms with Gasteiger partial charge in [-0.15, -0.1) is 11.6 Å². The Labute approximate surface area is 132 Å². The molecular formula is C16H27ClN2O2. The summed E-state index contributed by atoms with van der Waals surface area (Å²) in [4.78, 5) is 4.56. The van der Waals surface area contributed by atoms with Crippen molar-refractivity contribution in [1.29, 1.82) is 0 Å². The van der Waals surface area contributed by atoms with E-state index in [9.17, 15) is 5.11 Å². The molecule has 2 aliphatic carbocycles. The number of hydrogen-bond donors (Lipinski definition) is 2. The van der Waals surface area contributed by atoms with Crippen LogP contribution in [0.2, 0.25) is 0 Å². The van der Waals surface area contributed by atoms with Gasteiger partial charge in [0.25, 0.3) is 0 Å². The van der Waals surface area contributed by atoms with Gasteiger partial charge in [-0.2, -0.15) is 0 Å². The van der Waals surface area contributed by atoms with Crippen LogP contribution in [0.1, 0.15) is 51.4 Å². The number of rotatable bonds is 3. The van der Waals surface area contributed by atoms with E-state index in [1.807, 2.05) is 0 Å². The summed E-state index contributed by atoms with van der Waals surface area (Å²) in [5.74, 6) is 0.897. The minimum absolute atomic E-state index is 0.0909. The monoisotopic (exact) mass is 314 g/mol. The second kappa shape index (κ2) is 6.05. The van der Waals surface area contributed by atoms with Crippen molar-refractivity contribution in [1.82, 2.24) is 0 Å². The van der Waals surface area contributed by atoms with Crippen LogP contribution in [0.5, 0.6) is 0 Å². The summed E-state index contributed by atoms with van der Waals surface area (Å²) in [5, 5.41) is 11.4. The predicted octanol–water partition coefficient (Wildman–Crippen LogP) is 2.46. The number of halogens is 1. The van der Waals surface area contributed by atoms with Gasteiger partial charge in [0.05, 0.1) is 12.1 Å². The minimum Gasteiger partial charge on any atom is -0.385 e. The molecule has 5 heteroatoms. The number of nitrogens with zero attached hydrogens (tertiary/aromatic N) is 1. The summed E-state index contributed by atoms with van der Waals surface area (Å²) in [6.45, 7) is 0. The molecule has 2 fully saturated rings. The molecule has 120 valence electrons. The summed E-state index contributed by atoms with van der Waals surface area (Å²) < 4.78 is 5.63. The fourth-order valence-electron chi connectivity index (χ4n) is 4.62. The maximum absolute atomic E-state index is 11.3. The molecule has 21 heavy (non-hydrogen) atoms. The van der Waals surface area contributed by atoms with Crippen molar-refractivity contribution < 1.29 is 9.84 Å². The molecule has 6 atom stereocenters. The summed E-state index contributed by atoms with van der Waals surface area (Å²) in [7, 11) is 1.78. The average Bonchev–Trinajstić information content (AvgIpc) is 2.72. The number of amidine groups is 1. The predicted molar refractivity (Wildman–Crippen MR) is 84.7 cm³/mol. The van der Waals surface area contributed by atoms with E-state index >= 15 is 0 Å². The molecule has 3 aliphatic rings. The molecule has 3 rings (SSSR count). The highest BCUT2D eigenvalue weighted by atomic mass is 35.5. The molecule has 0 radical (unpaired) electrons. The lowest BCUT2D eigenvalue weighted by Crippen LogP contribution is -2.52. The van der Waals surface area contributed by atoms with Crippen molar-refractivity contribution in [2.75, 3.05) is 7.11 Å². The van der Waals surface area contributed by atoms with Gasteiger partial charge < -0.3 is 15.6 Å². The van der Waals surface area contributed by atoms with Gasteiger partial charge in [-0.1, -0.05) is 12.8 Å².